The molecule has 0 bridgehead atoms. The molecule has 0 unspecified atom stereocenters. The lowest BCUT2D eigenvalue weighted by atomic mass is 9.93. The van der Waals surface area contributed by atoms with Crippen LogP contribution in [0, 0.1) is 0 Å². The highest BCUT2D eigenvalue weighted by molar-refractivity contribution is 5.81. The lowest BCUT2D eigenvalue weighted by Crippen LogP contribution is -2.65. The fourth-order valence-electron chi connectivity index (χ4n) is 2.46. The summed E-state index contributed by atoms with van der Waals surface area (Å²) in [5.74, 6) is -4.02. The number of esters is 4. The molecule has 0 aliphatic carbocycles. The smallest absolute Gasteiger partial charge is 0.303 e. The average Bonchev–Trinajstić information content (AvgIpc) is 2.47. The molecule has 0 radical (unpaired) electrons. The van der Waals surface area contributed by atoms with Gasteiger partial charge < -0.3 is 29.4 Å². The van der Waals surface area contributed by atoms with Crippen molar-refractivity contribution in [1.82, 2.24) is 0 Å². The Morgan fingerprint density at radius 2 is 1.23 bits per heavy atom. The van der Waals surface area contributed by atoms with Crippen molar-refractivity contribution in [1.29, 1.82) is 0 Å². The summed E-state index contributed by atoms with van der Waals surface area (Å²) >= 11 is 0. The van der Waals surface area contributed by atoms with Crippen LogP contribution in [0.4, 0.5) is 0 Å². The number of amides is 1. The zero-order valence-electron chi connectivity index (χ0n) is 14.8. The highest BCUT2D eigenvalue weighted by Gasteiger charge is 2.53. The van der Waals surface area contributed by atoms with E-state index in [4.69, 9.17) is 29.4 Å². The number of ether oxygens (including phenoxy) is 5. The van der Waals surface area contributed by atoms with Gasteiger partial charge in [0.2, 0.25) is 0 Å². The summed E-state index contributed by atoms with van der Waals surface area (Å²) in [5, 5.41) is 0. The SMILES string of the molecule is CC(=O)OC[C@H]1O[C@@H](C(N)=O)[C@H](OC(C)=O)[C@@H](OC(C)=O)[C@H]1OC(C)=O. The molecule has 1 saturated heterocycles. The highest BCUT2D eigenvalue weighted by Crippen LogP contribution is 2.29. The van der Waals surface area contributed by atoms with Crippen LogP contribution in [-0.2, 0) is 47.7 Å². The molecule has 1 amide bonds. The van der Waals surface area contributed by atoms with Crippen molar-refractivity contribution in [2.75, 3.05) is 6.61 Å². The molecule has 1 heterocycles. The van der Waals surface area contributed by atoms with E-state index < -0.39 is 66.9 Å². The van der Waals surface area contributed by atoms with Gasteiger partial charge in [-0.1, -0.05) is 0 Å². The van der Waals surface area contributed by atoms with Crippen molar-refractivity contribution >= 4 is 29.8 Å². The minimum absolute atomic E-state index is 0.415. The standard InChI is InChI=1S/C15H21NO10/c1-6(17)22-5-10-11(23-7(2)18)12(24-8(3)19)13(25-9(4)20)14(26-10)15(16)21/h10-14H,5H2,1-4H3,(H2,16,21)/t10-,11+,12+,13-,14-/m1/s1. The van der Waals surface area contributed by atoms with Gasteiger partial charge in [-0.3, -0.25) is 24.0 Å². The van der Waals surface area contributed by atoms with Crippen LogP contribution < -0.4 is 5.73 Å². The summed E-state index contributed by atoms with van der Waals surface area (Å²) in [6.45, 7) is 3.96. The molecule has 11 nitrogen and oxygen atoms in total. The van der Waals surface area contributed by atoms with Crippen LogP contribution in [0.1, 0.15) is 27.7 Å². The third kappa shape index (κ3) is 5.99. The van der Waals surface area contributed by atoms with Crippen molar-refractivity contribution in [2.24, 2.45) is 5.73 Å². The van der Waals surface area contributed by atoms with E-state index in [-0.39, 0.29) is 0 Å². The maximum absolute atomic E-state index is 11.7. The lowest BCUT2D eigenvalue weighted by Gasteiger charge is -2.43. The third-order valence-corrected chi connectivity index (χ3v) is 3.27. The molecule has 5 atom stereocenters. The van der Waals surface area contributed by atoms with E-state index in [1.165, 1.54) is 0 Å². The second-order valence-electron chi connectivity index (χ2n) is 5.52. The van der Waals surface area contributed by atoms with Gasteiger partial charge in [-0.15, -0.1) is 0 Å². The Hall–Kier alpha value is -2.69. The maximum atomic E-state index is 11.7. The normalized spacial score (nSPS) is 27.8. The van der Waals surface area contributed by atoms with Crippen LogP contribution in [0.25, 0.3) is 0 Å². The van der Waals surface area contributed by atoms with Crippen LogP contribution in [0.2, 0.25) is 0 Å². The van der Waals surface area contributed by atoms with E-state index >= 15 is 0 Å². The Kier molecular flexibility index (Phi) is 7.50. The molecule has 0 aromatic heterocycles. The number of rotatable bonds is 6. The fraction of sp³-hybridized carbons (Fsp3) is 0.667. The van der Waals surface area contributed by atoms with Crippen LogP contribution >= 0.6 is 0 Å². The molecule has 1 aliphatic rings. The Labute approximate surface area is 149 Å². The van der Waals surface area contributed by atoms with Gasteiger partial charge in [0, 0.05) is 27.7 Å². The number of hydrogen-bond acceptors (Lipinski definition) is 10. The fourth-order valence-corrected chi connectivity index (χ4v) is 2.46. The Balaban J connectivity index is 3.29. The van der Waals surface area contributed by atoms with E-state index in [0.717, 1.165) is 27.7 Å². The zero-order valence-corrected chi connectivity index (χ0v) is 14.8. The topological polar surface area (TPSA) is 158 Å². The van der Waals surface area contributed by atoms with Gasteiger partial charge in [-0.2, -0.15) is 0 Å². The molecule has 1 rings (SSSR count). The Morgan fingerprint density at radius 3 is 1.65 bits per heavy atom. The molecule has 1 fully saturated rings. The monoisotopic (exact) mass is 375 g/mol. The van der Waals surface area contributed by atoms with Crippen molar-refractivity contribution in [3.05, 3.63) is 0 Å². The van der Waals surface area contributed by atoms with Crippen molar-refractivity contribution < 1.29 is 47.7 Å². The van der Waals surface area contributed by atoms with Crippen LogP contribution in [0.5, 0.6) is 0 Å². The molecule has 0 aromatic rings. The van der Waals surface area contributed by atoms with Gasteiger partial charge in [0.1, 0.15) is 12.7 Å². The first-order valence-corrected chi connectivity index (χ1v) is 7.62. The van der Waals surface area contributed by atoms with Gasteiger partial charge in [-0.25, -0.2) is 0 Å². The van der Waals surface area contributed by atoms with Crippen molar-refractivity contribution in [3.63, 3.8) is 0 Å². The molecule has 26 heavy (non-hydrogen) atoms. The predicted octanol–water partition coefficient (Wildman–Crippen LogP) is -1.40. The predicted molar refractivity (Wildman–Crippen MR) is 81.2 cm³/mol. The van der Waals surface area contributed by atoms with Gasteiger partial charge in [-0.05, 0) is 0 Å². The molecule has 0 saturated carbocycles. The summed E-state index contributed by atoms with van der Waals surface area (Å²) in [6, 6.07) is 0. The number of hydrogen-bond donors (Lipinski definition) is 1. The van der Waals surface area contributed by atoms with E-state index in [2.05, 4.69) is 0 Å². The number of carbonyl (C=O) groups excluding carboxylic acids is 5. The minimum Gasteiger partial charge on any atom is -0.463 e. The van der Waals surface area contributed by atoms with Crippen LogP contribution in [-0.4, -0.2) is 66.9 Å². The number of nitrogens with two attached hydrogens (primary N) is 1. The minimum atomic E-state index is -1.52. The summed E-state index contributed by atoms with van der Waals surface area (Å²) < 4.78 is 25.5. The summed E-state index contributed by atoms with van der Waals surface area (Å²) in [4.78, 5) is 57.1. The van der Waals surface area contributed by atoms with Gasteiger partial charge in [0.05, 0.1) is 0 Å². The molecule has 11 heteroatoms. The second kappa shape index (κ2) is 9.13. The van der Waals surface area contributed by atoms with Gasteiger partial charge >= 0.3 is 23.9 Å². The molecular weight excluding hydrogens is 354 g/mol. The molecule has 0 aromatic carbocycles. The zero-order chi connectivity index (χ0) is 20.0. The lowest BCUT2D eigenvalue weighted by molar-refractivity contribution is -0.248. The van der Waals surface area contributed by atoms with Crippen LogP contribution in [0.15, 0.2) is 0 Å². The summed E-state index contributed by atoms with van der Waals surface area (Å²) in [7, 11) is 0. The third-order valence-electron chi connectivity index (χ3n) is 3.27. The molecular formula is C15H21NO10. The van der Waals surface area contributed by atoms with E-state index in [1.54, 1.807) is 0 Å². The van der Waals surface area contributed by atoms with E-state index in [0.29, 0.717) is 0 Å². The second-order valence-corrected chi connectivity index (χ2v) is 5.52. The maximum Gasteiger partial charge on any atom is 0.303 e. The van der Waals surface area contributed by atoms with E-state index in [9.17, 15) is 24.0 Å². The summed E-state index contributed by atoms with van der Waals surface area (Å²) in [6.07, 6.45) is -6.86. The first-order chi connectivity index (χ1) is 12.0. The average molecular weight is 375 g/mol. The number of carbonyl (C=O) groups is 5. The van der Waals surface area contributed by atoms with Gasteiger partial charge in [0.25, 0.3) is 5.91 Å². The quantitative estimate of drug-likeness (QED) is 0.432. The van der Waals surface area contributed by atoms with Crippen molar-refractivity contribution in [2.45, 2.75) is 58.2 Å². The number of primary amides is 1. The van der Waals surface area contributed by atoms with E-state index in [1.807, 2.05) is 0 Å². The molecule has 146 valence electrons. The van der Waals surface area contributed by atoms with Crippen LogP contribution in [0.3, 0.4) is 0 Å². The summed E-state index contributed by atoms with van der Waals surface area (Å²) in [5.41, 5.74) is 5.28. The first kappa shape index (κ1) is 21.4. The Bertz CT molecular complexity index is 589. The van der Waals surface area contributed by atoms with Gasteiger partial charge in [0.15, 0.2) is 24.4 Å². The first-order valence-electron chi connectivity index (χ1n) is 7.62. The Morgan fingerprint density at radius 1 is 0.769 bits per heavy atom. The van der Waals surface area contributed by atoms with Crippen molar-refractivity contribution in [3.8, 4) is 0 Å². The largest absolute Gasteiger partial charge is 0.463 e. The highest BCUT2D eigenvalue weighted by atomic mass is 16.7. The molecule has 2 N–H and O–H groups in total. The molecule has 0 spiro atoms. The molecule has 1 aliphatic heterocycles.